The predicted octanol–water partition coefficient (Wildman–Crippen LogP) is 1.22. The van der Waals surface area contributed by atoms with Crippen molar-refractivity contribution in [3.05, 3.63) is 11.9 Å². The molecule has 96 valence electrons. The summed E-state index contributed by atoms with van der Waals surface area (Å²) >= 11 is 0. The molecule has 4 N–H and O–H groups in total. The van der Waals surface area contributed by atoms with Crippen LogP contribution in [0, 0.1) is 0 Å². The van der Waals surface area contributed by atoms with Gasteiger partial charge >= 0.3 is 0 Å². The molecule has 17 heavy (non-hydrogen) atoms. The molecule has 1 heterocycles. The standard InChI is InChI=1S/C10H16F2N4O/c1-5(2)7-9(13)15-4-16-10(7)14-3-6(17)8(11)12/h4-6,8,17H,3H2,1-2H3,(H3,13,14,15,16). The molecule has 0 saturated heterocycles. The third-order valence-electron chi connectivity index (χ3n) is 2.26. The highest BCUT2D eigenvalue weighted by molar-refractivity contribution is 5.56. The van der Waals surface area contributed by atoms with E-state index in [0.717, 1.165) is 0 Å². The summed E-state index contributed by atoms with van der Waals surface area (Å²) in [5.41, 5.74) is 6.35. The summed E-state index contributed by atoms with van der Waals surface area (Å²) in [5, 5.41) is 11.7. The van der Waals surface area contributed by atoms with Gasteiger partial charge in [0.15, 0.2) is 0 Å². The largest absolute Gasteiger partial charge is 0.385 e. The minimum Gasteiger partial charge on any atom is -0.385 e. The van der Waals surface area contributed by atoms with E-state index in [1.807, 2.05) is 13.8 Å². The van der Waals surface area contributed by atoms with E-state index in [-0.39, 0.29) is 12.5 Å². The van der Waals surface area contributed by atoms with E-state index in [1.54, 1.807) is 0 Å². The Balaban J connectivity index is 2.81. The van der Waals surface area contributed by atoms with Crippen LogP contribution >= 0.6 is 0 Å². The maximum absolute atomic E-state index is 12.1. The lowest BCUT2D eigenvalue weighted by Gasteiger charge is -2.16. The maximum Gasteiger partial charge on any atom is 0.265 e. The third kappa shape index (κ3) is 3.48. The fourth-order valence-corrected chi connectivity index (χ4v) is 1.41. The van der Waals surface area contributed by atoms with Crippen LogP contribution in [0.15, 0.2) is 6.33 Å². The summed E-state index contributed by atoms with van der Waals surface area (Å²) in [6.07, 6.45) is -3.27. The molecule has 5 nitrogen and oxygen atoms in total. The lowest BCUT2D eigenvalue weighted by atomic mass is 10.0. The maximum atomic E-state index is 12.1. The number of hydrogen-bond donors (Lipinski definition) is 3. The van der Waals surface area contributed by atoms with E-state index in [9.17, 15) is 8.78 Å². The van der Waals surface area contributed by atoms with E-state index in [2.05, 4.69) is 15.3 Å². The van der Waals surface area contributed by atoms with Gasteiger partial charge in [-0.05, 0) is 5.92 Å². The normalized spacial score (nSPS) is 13.1. The van der Waals surface area contributed by atoms with Crippen LogP contribution < -0.4 is 11.1 Å². The molecule has 0 saturated carbocycles. The number of hydrogen-bond acceptors (Lipinski definition) is 5. The van der Waals surface area contributed by atoms with Crippen LogP contribution in [-0.4, -0.2) is 34.1 Å². The predicted molar refractivity (Wildman–Crippen MR) is 61.0 cm³/mol. The number of aliphatic hydroxyl groups excluding tert-OH is 1. The third-order valence-corrected chi connectivity index (χ3v) is 2.26. The summed E-state index contributed by atoms with van der Waals surface area (Å²) in [6, 6.07) is 0. The number of nitrogens with two attached hydrogens (primary N) is 1. The Morgan fingerprint density at radius 1 is 1.41 bits per heavy atom. The SMILES string of the molecule is CC(C)c1c(N)ncnc1NCC(O)C(F)F. The number of nitrogen functional groups attached to an aromatic ring is 1. The smallest absolute Gasteiger partial charge is 0.265 e. The van der Waals surface area contributed by atoms with Crippen molar-refractivity contribution in [2.75, 3.05) is 17.6 Å². The minimum absolute atomic E-state index is 0.0578. The average Bonchev–Trinajstić information content (AvgIpc) is 2.24. The molecule has 1 atom stereocenters. The molecule has 1 aromatic heterocycles. The van der Waals surface area contributed by atoms with Gasteiger partial charge in [-0.15, -0.1) is 0 Å². The van der Waals surface area contributed by atoms with Gasteiger partial charge in [0.05, 0.1) is 0 Å². The number of halogens is 2. The van der Waals surface area contributed by atoms with Gasteiger partial charge in [-0.3, -0.25) is 0 Å². The molecular weight excluding hydrogens is 230 g/mol. The number of nitrogens with zero attached hydrogens (tertiary/aromatic N) is 2. The van der Waals surface area contributed by atoms with E-state index >= 15 is 0 Å². The molecule has 0 aromatic carbocycles. The molecule has 1 unspecified atom stereocenters. The zero-order chi connectivity index (χ0) is 13.0. The molecule has 0 aliphatic rings. The van der Waals surface area contributed by atoms with Crippen molar-refractivity contribution in [1.82, 2.24) is 9.97 Å². The Morgan fingerprint density at radius 2 is 2.06 bits per heavy atom. The van der Waals surface area contributed by atoms with Crippen LogP contribution in [0.25, 0.3) is 0 Å². The van der Waals surface area contributed by atoms with Crippen molar-refractivity contribution in [3.63, 3.8) is 0 Å². The number of aromatic nitrogens is 2. The van der Waals surface area contributed by atoms with Crippen molar-refractivity contribution in [2.24, 2.45) is 0 Å². The van der Waals surface area contributed by atoms with Crippen LogP contribution in [0.2, 0.25) is 0 Å². The average molecular weight is 246 g/mol. The second kappa shape index (κ2) is 5.72. The molecule has 0 bridgehead atoms. The van der Waals surface area contributed by atoms with E-state index in [0.29, 0.717) is 17.2 Å². The van der Waals surface area contributed by atoms with Crippen molar-refractivity contribution in [1.29, 1.82) is 0 Å². The number of anilines is 2. The number of nitrogens with one attached hydrogen (secondary N) is 1. The second-order valence-electron chi connectivity index (χ2n) is 3.96. The van der Waals surface area contributed by atoms with Crippen LogP contribution in [0.1, 0.15) is 25.3 Å². The summed E-state index contributed by atoms with van der Waals surface area (Å²) < 4.78 is 24.2. The molecule has 0 fully saturated rings. The molecular formula is C10H16F2N4O. The van der Waals surface area contributed by atoms with Crippen molar-refractivity contribution in [3.8, 4) is 0 Å². The van der Waals surface area contributed by atoms with Gasteiger partial charge in [0.1, 0.15) is 24.1 Å². The highest BCUT2D eigenvalue weighted by Gasteiger charge is 2.18. The van der Waals surface area contributed by atoms with Crippen LogP contribution in [0.3, 0.4) is 0 Å². The van der Waals surface area contributed by atoms with E-state index in [1.165, 1.54) is 6.33 Å². The molecule has 0 amide bonds. The second-order valence-corrected chi connectivity index (χ2v) is 3.96. The summed E-state index contributed by atoms with van der Waals surface area (Å²) in [6.45, 7) is 3.50. The Bertz CT molecular complexity index is 373. The fourth-order valence-electron chi connectivity index (χ4n) is 1.41. The quantitative estimate of drug-likeness (QED) is 0.727. The first-order valence-electron chi connectivity index (χ1n) is 5.24. The van der Waals surface area contributed by atoms with Gasteiger partial charge in [0.2, 0.25) is 0 Å². The van der Waals surface area contributed by atoms with Crippen LogP contribution in [0.5, 0.6) is 0 Å². The Labute approximate surface area is 98.1 Å². The summed E-state index contributed by atoms with van der Waals surface area (Å²) in [4.78, 5) is 7.77. The lowest BCUT2D eigenvalue weighted by molar-refractivity contribution is 0.00380. The summed E-state index contributed by atoms with van der Waals surface area (Å²) in [7, 11) is 0. The van der Waals surface area contributed by atoms with Crippen LogP contribution in [-0.2, 0) is 0 Å². The van der Waals surface area contributed by atoms with Gasteiger partial charge in [0, 0.05) is 12.1 Å². The number of rotatable bonds is 5. The van der Waals surface area contributed by atoms with Crippen LogP contribution in [0.4, 0.5) is 20.4 Å². The zero-order valence-corrected chi connectivity index (χ0v) is 9.69. The topological polar surface area (TPSA) is 84.1 Å². The minimum atomic E-state index is -2.79. The van der Waals surface area contributed by atoms with Gasteiger partial charge < -0.3 is 16.2 Å². The molecule has 7 heteroatoms. The zero-order valence-electron chi connectivity index (χ0n) is 9.69. The Hall–Kier alpha value is -1.50. The Kier molecular flexibility index (Phi) is 4.56. The van der Waals surface area contributed by atoms with E-state index < -0.39 is 12.5 Å². The first-order valence-corrected chi connectivity index (χ1v) is 5.24. The van der Waals surface area contributed by atoms with Crippen molar-refractivity contribution < 1.29 is 13.9 Å². The highest BCUT2D eigenvalue weighted by Crippen LogP contribution is 2.26. The fraction of sp³-hybridized carbons (Fsp3) is 0.600. The monoisotopic (exact) mass is 246 g/mol. The van der Waals surface area contributed by atoms with Crippen molar-refractivity contribution >= 4 is 11.6 Å². The molecule has 0 aliphatic heterocycles. The van der Waals surface area contributed by atoms with Gasteiger partial charge in [-0.25, -0.2) is 18.7 Å². The summed E-state index contributed by atoms with van der Waals surface area (Å²) in [5.74, 6) is 0.749. The van der Waals surface area contributed by atoms with Gasteiger partial charge in [-0.2, -0.15) is 0 Å². The van der Waals surface area contributed by atoms with Gasteiger partial charge in [0.25, 0.3) is 6.43 Å². The van der Waals surface area contributed by atoms with E-state index in [4.69, 9.17) is 10.8 Å². The molecule has 0 radical (unpaired) electrons. The Morgan fingerprint density at radius 3 is 2.59 bits per heavy atom. The van der Waals surface area contributed by atoms with Gasteiger partial charge in [-0.1, -0.05) is 13.8 Å². The molecule has 0 spiro atoms. The highest BCUT2D eigenvalue weighted by atomic mass is 19.3. The first-order chi connectivity index (χ1) is 7.93. The van der Waals surface area contributed by atoms with Crippen molar-refractivity contribution in [2.45, 2.75) is 32.3 Å². The number of alkyl halides is 2. The number of aliphatic hydroxyl groups is 1. The first kappa shape index (κ1) is 13.6. The lowest BCUT2D eigenvalue weighted by Crippen LogP contribution is -2.27. The molecule has 1 rings (SSSR count). The molecule has 1 aromatic rings. The molecule has 0 aliphatic carbocycles.